The molecule has 1 fully saturated rings. The third-order valence-electron chi connectivity index (χ3n) is 4.02. The van der Waals surface area contributed by atoms with Crippen LogP contribution in [0.3, 0.4) is 0 Å². The van der Waals surface area contributed by atoms with Crippen molar-refractivity contribution in [2.24, 2.45) is 10.4 Å². The highest BCUT2D eigenvalue weighted by molar-refractivity contribution is 5.81. The summed E-state index contributed by atoms with van der Waals surface area (Å²) in [7, 11) is 0. The Morgan fingerprint density at radius 2 is 1.95 bits per heavy atom. The summed E-state index contributed by atoms with van der Waals surface area (Å²) in [5.74, 6) is 1.15. The molecule has 1 rings (SSSR count). The zero-order valence-electron chi connectivity index (χ0n) is 14.4. The number of likely N-dealkylation sites (tertiary alicyclic amines) is 1. The van der Waals surface area contributed by atoms with E-state index in [0.717, 1.165) is 38.7 Å². The standard InChI is InChI=1S/C16H32N4O/c1-6-17-15(20-12-10-16(4,5)13-20)18-11-9-14(21)19(7-2)8-3/h6-13H2,1-5H3,(H,17,18). The Balaban J connectivity index is 2.55. The molecule has 1 N–H and O–H groups in total. The van der Waals surface area contributed by atoms with Gasteiger partial charge in [0.2, 0.25) is 5.91 Å². The van der Waals surface area contributed by atoms with Crippen molar-refractivity contribution in [2.75, 3.05) is 39.3 Å². The number of aliphatic imine (C=N–C) groups is 1. The van der Waals surface area contributed by atoms with Gasteiger partial charge in [-0.2, -0.15) is 0 Å². The van der Waals surface area contributed by atoms with Gasteiger partial charge in [-0.15, -0.1) is 0 Å². The van der Waals surface area contributed by atoms with Crippen molar-refractivity contribution in [1.82, 2.24) is 15.1 Å². The number of carbonyl (C=O) groups is 1. The van der Waals surface area contributed by atoms with Crippen LogP contribution in [0.5, 0.6) is 0 Å². The normalized spacial score (nSPS) is 18.0. The molecule has 1 heterocycles. The van der Waals surface area contributed by atoms with Crippen LogP contribution in [-0.2, 0) is 4.79 Å². The fraction of sp³-hybridized carbons (Fsp3) is 0.875. The zero-order chi connectivity index (χ0) is 15.9. The molecule has 0 aliphatic carbocycles. The quantitative estimate of drug-likeness (QED) is 0.602. The minimum Gasteiger partial charge on any atom is -0.357 e. The number of hydrogen-bond acceptors (Lipinski definition) is 2. The van der Waals surface area contributed by atoms with Gasteiger partial charge in [-0.05, 0) is 32.6 Å². The number of amides is 1. The molecule has 122 valence electrons. The Morgan fingerprint density at radius 1 is 1.29 bits per heavy atom. The number of hydrogen-bond donors (Lipinski definition) is 1. The van der Waals surface area contributed by atoms with Gasteiger partial charge in [-0.1, -0.05) is 13.8 Å². The van der Waals surface area contributed by atoms with E-state index in [1.807, 2.05) is 18.7 Å². The van der Waals surface area contributed by atoms with Gasteiger partial charge in [-0.3, -0.25) is 9.79 Å². The largest absolute Gasteiger partial charge is 0.357 e. The fourth-order valence-corrected chi connectivity index (χ4v) is 2.71. The molecule has 0 atom stereocenters. The van der Waals surface area contributed by atoms with E-state index in [9.17, 15) is 4.79 Å². The minimum absolute atomic E-state index is 0.196. The van der Waals surface area contributed by atoms with Crippen LogP contribution in [0.1, 0.15) is 47.5 Å². The predicted octanol–water partition coefficient (Wildman–Crippen LogP) is 1.94. The Morgan fingerprint density at radius 3 is 2.43 bits per heavy atom. The third kappa shape index (κ3) is 5.56. The number of guanidine groups is 1. The van der Waals surface area contributed by atoms with Crippen molar-refractivity contribution >= 4 is 11.9 Å². The van der Waals surface area contributed by atoms with Gasteiger partial charge in [0.25, 0.3) is 0 Å². The highest BCUT2D eigenvalue weighted by Gasteiger charge is 2.30. The Bertz CT molecular complexity index is 361. The second-order valence-corrected chi connectivity index (χ2v) is 6.39. The number of nitrogens with zero attached hydrogens (tertiary/aromatic N) is 3. The molecular formula is C16H32N4O. The topological polar surface area (TPSA) is 47.9 Å². The van der Waals surface area contributed by atoms with Gasteiger partial charge in [0.15, 0.2) is 5.96 Å². The molecule has 0 bridgehead atoms. The lowest BCUT2D eigenvalue weighted by Gasteiger charge is -2.24. The first kappa shape index (κ1) is 17.8. The third-order valence-corrected chi connectivity index (χ3v) is 4.02. The first-order valence-corrected chi connectivity index (χ1v) is 8.24. The molecule has 21 heavy (non-hydrogen) atoms. The van der Waals surface area contributed by atoms with Gasteiger partial charge >= 0.3 is 0 Å². The molecule has 0 radical (unpaired) electrons. The number of nitrogens with one attached hydrogen (secondary N) is 1. The lowest BCUT2D eigenvalue weighted by Crippen LogP contribution is -2.41. The van der Waals surface area contributed by atoms with Gasteiger partial charge < -0.3 is 15.1 Å². The summed E-state index contributed by atoms with van der Waals surface area (Å²) in [6, 6.07) is 0. The summed E-state index contributed by atoms with van der Waals surface area (Å²) in [6.07, 6.45) is 1.68. The Labute approximate surface area is 129 Å². The van der Waals surface area contributed by atoms with Crippen LogP contribution >= 0.6 is 0 Å². The number of carbonyl (C=O) groups excluding carboxylic acids is 1. The van der Waals surface area contributed by atoms with Crippen molar-refractivity contribution in [2.45, 2.75) is 47.5 Å². The van der Waals surface area contributed by atoms with Crippen LogP contribution in [-0.4, -0.2) is 60.9 Å². The van der Waals surface area contributed by atoms with Crippen LogP contribution in [0.15, 0.2) is 4.99 Å². The average molecular weight is 296 g/mol. The molecule has 0 aromatic heterocycles. The lowest BCUT2D eigenvalue weighted by molar-refractivity contribution is -0.130. The van der Waals surface area contributed by atoms with E-state index in [-0.39, 0.29) is 5.91 Å². The minimum atomic E-state index is 0.196. The first-order chi connectivity index (χ1) is 9.93. The monoisotopic (exact) mass is 296 g/mol. The van der Waals surface area contributed by atoms with E-state index < -0.39 is 0 Å². The second-order valence-electron chi connectivity index (χ2n) is 6.39. The maximum Gasteiger partial charge on any atom is 0.224 e. The zero-order valence-corrected chi connectivity index (χ0v) is 14.4. The van der Waals surface area contributed by atoms with E-state index in [1.165, 1.54) is 6.42 Å². The van der Waals surface area contributed by atoms with E-state index in [4.69, 9.17) is 0 Å². The van der Waals surface area contributed by atoms with Crippen molar-refractivity contribution in [3.05, 3.63) is 0 Å². The first-order valence-electron chi connectivity index (χ1n) is 8.24. The summed E-state index contributed by atoms with van der Waals surface area (Å²) in [5.41, 5.74) is 0.354. The van der Waals surface area contributed by atoms with Crippen molar-refractivity contribution in [3.8, 4) is 0 Å². The molecular weight excluding hydrogens is 264 g/mol. The molecule has 5 nitrogen and oxygen atoms in total. The molecule has 0 saturated carbocycles. The molecule has 1 saturated heterocycles. The van der Waals surface area contributed by atoms with Crippen LogP contribution in [0.4, 0.5) is 0 Å². The van der Waals surface area contributed by atoms with Crippen molar-refractivity contribution < 1.29 is 4.79 Å². The highest BCUT2D eigenvalue weighted by Crippen LogP contribution is 2.28. The fourth-order valence-electron chi connectivity index (χ4n) is 2.71. The van der Waals surface area contributed by atoms with Gasteiger partial charge in [0.1, 0.15) is 0 Å². The van der Waals surface area contributed by atoms with E-state index >= 15 is 0 Å². The van der Waals surface area contributed by atoms with Crippen LogP contribution in [0.2, 0.25) is 0 Å². The molecule has 1 amide bonds. The van der Waals surface area contributed by atoms with Crippen LogP contribution in [0, 0.1) is 5.41 Å². The van der Waals surface area contributed by atoms with E-state index in [2.05, 4.69) is 36.0 Å². The summed E-state index contributed by atoms with van der Waals surface area (Å²) < 4.78 is 0. The van der Waals surface area contributed by atoms with Gasteiger partial charge in [0, 0.05) is 39.1 Å². The average Bonchev–Trinajstić information content (AvgIpc) is 2.79. The maximum absolute atomic E-state index is 12.0. The van der Waals surface area contributed by atoms with Gasteiger partial charge in [-0.25, -0.2) is 0 Å². The predicted molar refractivity (Wildman–Crippen MR) is 88.5 cm³/mol. The van der Waals surface area contributed by atoms with Gasteiger partial charge in [0.05, 0.1) is 6.54 Å². The number of rotatable bonds is 6. The SMILES string of the molecule is CCNC(=NCCC(=O)N(CC)CC)N1CCC(C)(C)C1. The Hall–Kier alpha value is -1.26. The smallest absolute Gasteiger partial charge is 0.224 e. The summed E-state index contributed by atoms with van der Waals surface area (Å²) in [5, 5.41) is 3.34. The molecule has 1 aliphatic heterocycles. The molecule has 1 aliphatic rings. The summed E-state index contributed by atoms with van der Waals surface area (Å²) in [6.45, 7) is 15.7. The maximum atomic E-state index is 12.0. The van der Waals surface area contributed by atoms with E-state index in [0.29, 0.717) is 18.4 Å². The highest BCUT2D eigenvalue weighted by atomic mass is 16.2. The van der Waals surface area contributed by atoms with Crippen molar-refractivity contribution in [1.29, 1.82) is 0 Å². The summed E-state index contributed by atoms with van der Waals surface area (Å²) >= 11 is 0. The van der Waals surface area contributed by atoms with Crippen molar-refractivity contribution in [3.63, 3.8) is 0 Å². The van der Waals surface area contributed by atoms with Crippen LogP contribution < -0.4 is 5.32 Å². The molecule has 5 heteroatoms. The lowest BCUT2D eigenvalue weighted by atomic mass is 9.93. The molecule has 0 spiro atoms. The molecule has 0 aromatic rings. The van der Waals surface area contributed by atoms with Crippen LogP contribution in [0.25, 0.3) is 0 Å². The van der Waals surface area contributed by atoms with E-state index in [1.54, 1.807) is 0 Å². The molecule has 0 aromatic carbocycles. The second kappa shape index (κ2) is 8.25. The Kier molecular flexibility index (Phi) is 6.99. The summed E-state index contributed by atoms with van der Waals surface area (Å²) in [4.78, 5) is 20.8. The molecule has 0 unspecified atom stereocenters.